The lowest BCUT2D eigenvalue weighted by Crippen LogP contribution is -2.29. The van der Waals surface area contributed by atoms with E-state index in [4.69, 9.17) is 10.2 Å². The van der Waals surface area contributed by atoms with Gasteiger partial charge in [-0.2, -0.15) is 0 Å². The van der Waals surface area contributed by atoms with E-state index in [-0.39, 0.29) is 5.92 Å². The molecule has 3 heteroatoms. The predicted molar refractivity (Wildman–Crippen MR) is 35.5 cm³/mol. The van der Waals surface area contributed by atoms with Crippen LogP contribution in [0.1, 0.15) is 20.3 Å². The maximum absolute atomic E-state index is 10.6. The Morgan fingerprint density at radius 2 is 2.20 bits per heavy atom. The van der Waals surface area contributed by atoms with Gasteiger partial charge < -0.3 is 10.2 Å². The molecule has 0 amide bonds. The predicted octanol–water partition coefficient (Wildman–Crippen LogP) is 0.478. The topological polar surface area (TPSA) is 57.5 Å². The van der Waals surface area contributed by atoms with E-state index in [1.807, 2.05) is 6.92 Å². The summed E-state index contributed by atoms with van der Waals surface area (Å²) in [7, 11) is 0. The average molecular weight is 144 g/mol. The molecule has 0 bridgehead atoms. The zero-order valence-corrected chi connectivity index (χ0v) is 6.16. The second kappa shape index (κ2) is 1.95. The molecule has 1 aliphatic rings. The Kier molecular flexibility index (Phi) is 1.47. The Balaban J connectivity index is 2.73. The summed E-state index contributed by atoms with van der Waals surface area (Å²) in [6.07, 6.45) is -0.111. The fraction of sp³-hybridized carbons (Fsp3) is 0.857. The van der Waals surface area contributed by atoms with Crippen molar-refractivity contribution in [1.29, 1.82) is 0 Å². The molecule has 3 nitrogen and oxygen atoms in total. The minimum Gasteiger partial charge on any atom is -0.481 e. The summed E-state index contributed by atoms with van der Waals surface area (Å²) in [4.78, 5) is 10.6. The molecular formula is C7H12O3. The molecular weight excluding hydrogens is 132 g/mol. The van der Waals surface area contributed by atoms with Crippen LogP contribution in [0, 0.1) is 11.3 Å². The fourth-order valence-corrected chi connectivity index (χ4v) is 1.51. The van der Waals surface area contributed by atoms with Crippen molar-refractivity contribution in [2.75, 3.05) is 0 Å². The van der Waals surface area contributed by atoms with Crippen LogP contribution in [0.4, 0.5) is 0 Å². The normalized spacial score (nSPS) is 40.9. The lowest BCUT2D eigenvalue weighted by atomic mass is 9.98. The SMILES string of the molecule is CC(O)C1(C(=O)O)CC1C. The molecule has 0 saturated heterocycles. The number of aliphatic hydroxyl groups excluding tert-OH is 1. The first-order chi connectivity index (χ1) is 4.51. The van der Waals surface area contributed by atoms with Crippen LogP contribution in [-0.4, -0.2) is 22.3 Å². The minimum atomic E-state index is -0.866. The van der Waals surface area contributed by atoms with Crippen molar-refractivity contribution < 1.29 is 15.0 Å². The third-order valence-electron chi connectivity index (χ3n) is 2.51. The minimum absolute atomic E-state index is 0.130. The number of carbonyl (C=O) groups is 1. The van der Waals surface area contributed by atoms with Gasteiger partial charge in [-0.3, -0.25) is 4.79 Å². The van der Waals surface area contributed by atoms with E-state index in [2.05, 4.69) is 0 Å². The van der Waals surface area contributed by atoms with Crippen molar-refractivity contribution in [3.05, 3.63) is 0 Å². The van der Waals surface area contributed by atoms with Crippen LogP contribution in [0.25, 0.3) is 0 Å². The summed E-state index contributed by atoms with van der Waals surface area (Å²) in [5, 5.41) is 17.8. The molecule has 0 spiro atoms. The summed E-state index contributed by atoms with van der Waals surface area (Å²) >= 11 is 0. The number of hydrogen-bond donors (Lipinski definition) is 2. The summed E-state index contributed by atoms with van der Waals surface area (Å²) in [6, 6.07) is 0. The van der Waals surface area contributed by atoms with Gasteiger partial charge in [0.05, 0.1) is 11.5 Å². The monoisotopic (exact) mass is 144 g/mol. The Morgan fingerprint density at radius 1 is 1.80 bits per heavy atom. The number of carboxylic acid groups (broad SMARTS) is 1. The first kappa shape index (κ1) is 7.54. The number of hydrogen-bond acceptors (Lipinski definition) is 2. The molecule has 10 heavy (non-hydrogen) atoms. The first-order valence-electron chi connectivity index (χ1n) is 3.43. The number of aliphatic hydroxyl groups is 1. The highest BCUT2D eigenvalue weighted by Crippen LogP contribution is 2.54. The highest BCUT2D eigenvalue weighted by atomic mass is 16.4. The van der Waals surface area contributed by atoms with Crippen LogP contribution < -0.4 is 0 Å². The zero-order valence-electron chi connectivity index (χ0n) is 6.16. The lowest BCUT2D eigenvalue weighted by Gasteiger charge is -2.13. The molecule has 0 heterocycles. The van der Waals surface area contributed by atoms with E-state index in [0.717, 1.165) is 0 Å². The average Bonchev–Trinajstić information content (AvgIpc) is 2.42. The summed E-state index contributed by atoms with van der Waals surface area (Å²) in [6.45, 7) is 3.39. The molecule has 58 valence electrons. The van der Waals surface area contributed by atoms with Crippen LogP contribution in [0.2, 0.25) is 0 Å². The molecule has 0 aromatic carbocycles. The van der Waals surface area contributed by atoms with Crippen LogP contribution in [0.5, 0.6) is 0 Å². The van der Waals surface area contributed by atoms with Gasteiger partial charge in [0, 0.05) is 0 Å². The van der Waals surface area contributed by atoms with Crippen LogP contribution in [0.3, 0.4) is 0 Å². The first-order valence-corrected chi connectivity index (χ1v) is 3.43. The van der Waals surface area contributed by atoms with E-state index >= 15 is 0 Å². The molecule has 1 fully saturated rings. The maximum Gasteiger partial charge on any atom is 0.312 e. The van der Waals surface area contributed by atoms with E-state index in [1.54, 1.807) is 0 Å². The van der Waals surface area contributed by atoms with Crippen molar-refractivity contribution in [2.24, 2.45) is 11.3 Å². The summed E-state index contributed by atoms with van der Waals surface area (Å²) in [5.41, 5.74) is -0.819. The molecule has 1 saturated carbocycles. The Bertz CT molecular complexity index is 164. The van der Waals surface area contributed by atoms with Gasteiger partial charge in [-0.15, -0.1) is 0 Å². The highest BCUT2D eigenvalue weighted by molar-refractivity contribution is 5.79. The molecule has 0 aliphatic heterocycles. The summed E-state index contributed by atoms with van der Waals surface area (Å²) < 4.78 is 0. The van der Waals surface area contributed by atoms with Gasteiger partial charge >= 0.3 is 5.97 Å². The molecule has 2 N–H and O–H groups in total. The van der Waals surface area contributed by atoms with Gasteiger partial charge in [-0.25, -0.2) is 0 Å². The molecule has 1 rings (SSSR count). The highest BCUT2D eigenvalue weighted by Gasteiger charge is 2.61. The summed E-state index contributed by atoms with van der Waals surface area (Å²) in [5.74, 6) is -0.736. The Labute approximate surface area is 59.7 Å². The van der Waals surface area contributed by atoms with E-state index in [1.165, 1.54) is 6.92 Å². The molecule has 1 aliphatic carbocycles. The second-order valence-corrected chi connectivity index (χ2v) is 3.13. The third-order valence-corrected chi connectivity index (χ3v) is 2.51. The molecule has 3 atom stereocenters. The van der Waals surface area contributed by atoms with Gasteiger partial charge in [0.1, 0.15) is 0 Å². The van der Waals surface area contributed by atoms with E-state index < -0.39 is 17.5 Å². The Morgan fingerprint density at radius 3 is 2.20 bits per heavy atom. The van der Waals surface area contributed by atoms with E-state index in [0.29, 0.717) is 6.42 Å². The van der Waals surface area contributed by atoms with Crippen molar-refractivity contribution in [1.82, 2.24) is 0 Å². The van der Waals surface area contributed by atoms with Crippen LogP contribution in [0.15, 0.2) is 0 Å². The van der Waals surface area contributed by atoms with Crippen LogP contribution >= 0.6 is 0 Å². The van der Waals surface area contributed by atoms with Crippen molar-refractivity contribution in [3.63, 3.8) is 0 Å². The third kappa shape index (κ3) is 0.736. The quantitative estimate of drug-likeness (QED) is 0.592. The van der Waals surface area contributed by atoms with Crippen LogP contribution in [-0.2, 0) is 4.79 Å². The molecule has 0 radical (unpaired) electrons. The van der Waals surface area contributed by atoms with Gasteiger partial charge in [-0.05, 0) is 19.3 Å². The van der Waals surface area contributed by atoms with Gasteiger partial charge in [0.25, 0.3) is 0 Å². The van der Waals surface area contributed by atoms with Gasteiger partial charge in [-0.1, -0.05) is 6.92 Å². The smallest absolute Gasteiger partial charge is 0.312 e. The molecule has 0 aromatic heterocycles. The van der Waals surface area contributed by atoms with Gasteiger partial charge in [0.15, 0.2) is 0 Å². The number of carboxylic acids is 1. The standard InChI is InChI=1S/C7H12O3/c1-4-3-7(4,5(2)8)6(9)10/h4-5,8H,3H2,1-2H3,(H,9,10). The molecule has 0 aromatic rings. The lowest BCUT2D eigenvalue weighted by molar-refractivity contribution is -0.148. The second-order valence-electron chi connectivity index (χ2n) is 3.13. The van der Waals surface area contributed by atoms with Gasteiger partial charge in [0.2, 0.25) is 0 Å². The van der Waals surface area contributed by atoms with Crippen molar-refractivity contribution in [2.45, 2.75) is 26.4 Å². The Hall–Kier alpha value is -0.570. The maximum atomic E-state index is 10.6. The number of aliphatic carboxylic acids is 1. The fourth-order valence-electron chi connectivity index (χ4n) is 1.51. The largest absolute Gasteiger partial charge is 0.481 e. The molecule has 3 unspecified atom stereocenters. The van der Waals surface area contributed by atoms with Crippen molar-refractivity contribution >= 4 is 5.97 Å². The van der Waals surface area contributed by atoms with Crippen molar-refractivity contribution in [3.8, 4) is 0 Å². The van der Waals surface area contributed by atoms with E-state index in [9.17, 15) is 4.79 Å². The zero-order chi connectivity index (χ0) is 7.94. The number of rotatable bonds is 2.